The van der Waals surface area contributed by atoms with Gasteiger partial charge in [0.2, 0.25) is 0 Å². The van der Waals surface area contributed by atoms with Crippen molar-refractivity contribution < 1.29 is 4.74 Å². The molecular weight excluding hydrogens is 451 g/mol. The number of nitrogens with zero attached hydrogens (tertiary/aromatic N) is 2. The number of hydrogen-bond acceptors (Lipinski definition) is 3. The van der Waals surface area contributed by atoms with Gasteiger partial charge < -0.3 is 20.3 Å². The maximum absolute atomic E-state index is 5.32. The van der Waals surface area contributed by atoms with Crippen LogP contribution < -0.4 is 15.4 Å². The van der Waals surface area contributed by atoms with Crippen LogP contribution in [0.25, 0.3) is 0 Å². The van der Waals surface area contributed by atoms with Crippen LogP contribution in [0, 0.1) is 6.92 Å². The normalized spacial score (nSPS) is 12.5. The Labute approximate surface area is 183 Å². The summed E-state index contributed by atoms with van der Waals surface area (Å²) in [5.74, 6) is 1.81. The lowest BCUT2D eigenvalue weighted by molar-refractivity contribution is 0.292. The molecule has 1 aromatic carbocycles. The van der Waals surface area contributed by atoms with Crippen LogP contribution in [-0.4, -0.2) is 50.2 Å². The van der Waals surface area contributed by atoms with Gasteiger partial charge in [0.05, 0.1) is 13.7 Å². The fraction of sp³-hybridized carbons (Fsp3) is 0.667. The summed E-state index contributed by atoms with van der Waals surface area (Å²) in [4.78, 5) is 7.21. The molecular formula is C21H39IN4O. The van der Waals surface area contributed by atoms with Gasteiger partial charge in [-0.05, 0) is 70.4 Å². The van der Waals surface area contributed by atoms with E-state index in [1.807, 2.05) is 6.07 Å². The van der Waals surface area contributed by atoms with Gasteiger partial charge in [0.1, 0.15) is 5.75 Å². The quantitative estimate of drug-likeness (QED) is 0.278. The van der Waals surface area contributed by atoms with Crippen LogP contribution in [0.3, 0.4) is 0 Å². The molecule has 0 heterocycles. The second-order valence-corrected chi connectivity index (χ2v) is 6.71. The molecule has 27 heavy (non-hydrogen) atoms. The fourth-order valence-electron chi connectivity index (χ4n) is 3.00. The molecule has 0 spiro atoms. The van der Waals surface area contributed by atoms with Gasteiger partial charge in [-0.25, -0.2) is 4.99 Å². The molecule has 1 unspecified atom stereocenters. The van der Waals surface area contributed by atoms with E-state index < -0.39 is 0 Å². The van der Waals surface area contributed by atoms with Crippen molar-refractivity contribution in [3.05, 3.63) is 29.3 Å². The van der Waals surface area contributed by atoms with E-state index >= 15 is 0 Å². The minimum atomic E-state index is 0. The zero-order valence-electron chi connectivity index (χ0n) is 18.0. The van der Waals surface area contributed by atoms with Gasteiger partial charge in [0.25, 0.3) is 0 Å². The molecule has 0 saturated heterocycles. The number of benzene rings is 1. The van der Waals surface area contributed by atoms with Crippen LogP contribution in [0.15, 0.2) is 23.2 Å². The van der Waals surface area contributed by atoms with E-state index in [-0.39, 0.29) is 24.0 Å². The first kappa shape index (κ1) is 26.0. The molecule has 156 valence electrons. The number of rotatable bonds is 11. The van der Waals surface area contributed by atoms with E-state index in [4.69, 9.17) is 9.73 Å². The van der Waals surface area contributed by atoms with Gasteiger partial charge in [-0.15, -0.1) is 24.0 Å². The molecule has 6 heteroatoms. The predicted octanol–water partition coefficient (Wildman–Crippen LogP) is 4.19. The van der Waals surface area contributed by atoms with E-state index in [2.05, 4.69) is 62.3 Å². The Kier molecular flexibility index (Phi) is 14.4. The largest absolute Gasteiger partial charge is 0.496 e. The molecule has 1 atom stereocenters. The number of nitrogens with one attached hydrogen (secondary N) is 2. The Morgan fingerprint density at radius 2 is 1.93 bits per heavy atom. The molecule has 0 saturated carbocycles. The molecule has 1 aromatic rings. The molecule has 0 fully saturated rings. The highest BCUT2D eigenvalue weighted by Crippen LogP contribution is 2.18. The third kappa shape index (κ3) is 10.2. The SMILES string of the molecule is CCNC(=NCc1ccc(OC)c(C)c1)NC(C)CCCN(CC)CC.I. The minimum absolute atomic E-state index is 0. The van der Waals surface area contributed by atoms with E-state index in [1.54, 1.807) is 7.11 Å². The van der Waals surface area contributed by atoms with E-state index in [0.29, 0.717) is 12.6 Å². The van der Waals surface area contributed by atoms with Crippen LogP contribution in [0.5, 0.6) is 5.75 Å². The third-order valence-electron chi connectivity index (χ3n) is 4.61. The lowest BCUT2D eigenvalue weighted by Gasteiger charge is -2.21. The summed E-state index contributed by atoms with van der Waals surface area (Å²) in [6.07, 6.45) is 2.34. The van der Waals surface area contributed by atoms with Crippen molar-refractivity contribution in [2.24, 2.45) is 4.99 Å². The molecule has 0 aromatic heterocycles. The maximum Gasteiger partial charge on any atom is 0.191 e. The van der Waals surface area contributed by atoms with Crippen molar-refractivity contribution in [1.82, 2.24) is 15.5 Å². The summed E-state index contributed by atoms with van der Waals surface area (Å²) in [5, 5.41) is 6.88. The molecule has 0 amide bonds. The number of aryl methyl sites for hydroxylation is 1. The molecule has 0 aliphatic carbocycles. The third-order valence-corrected chi connectivity index (χ3v) is 4.61. The average Bonchev–Trinajstić information content (AvgIpc) is 2.63. The second-order valence-electron chi connectivity index (χ2n) is 6.71. The predicted molar refractivity (Wildman–Crippen MR) is 128 cm³/mol. The first-order valence-electron chi connectivity index (χ1n) is 9.94. The number of halogens is 1. The van der Waals surface area contributed by atoms with Gasteiger partial charge in [-0.3, -0.25) is 0 Å². The molecule has 5 nitrogen and oxygen atoms in total. The Morgan fingerprint density at radius 3 is 2.48 bits per heavy atom. The number of methoxy groups -OCH3 is 1. The first-order chi connectivity index (χ1) is 12.5. The van der Waals surface area contributed by atoms with Gasteiger partial charge in [0.15, 0.2) is 5.96 Å². The summed E-state index contributed by atoms with van der Waals surface area (Å²) >= 11 is 0. The Balaban J connectivity index is 0.00000676. The molecule has 0 aliphatic heterocycles. The lowest BCUT2D eigenvalue weighted by Crippen LogP contribution is -2.42. The summed E-state index contributed by atoms with van der Waals surface area (Å²) in [7, 11) is 1.70. The highest BCUT2D eigenvalue weighted by atomic mass is 127. The van der Waals surface area contributed by atoms with Crippen LogP contribution in [0.1, 0.15) is 51.7 Å². The highest BCUT2D eigenvalue weighted by molar-refractivity contribution is 14.0. The average molecular weight is 490 g/mol. The molecule has 0 radical (unpaired) electrons. The van der Waals surface area contributed by atoms with Crippen molar-refractivity contribution in [3.63, 3.8) is 0 Å². The van der Waals surface area contributed by atoms with Crippen molar-refractivity contribution in [3.8, 4) is 5.75 Å². The summed E-state index contributed by atoms with van der Waals surface area (Å²) < 4.78 is 5.32. The zero-order chi connectivity index (χ0) is 19.4. The highest BCUT2D eigenvalue weighted by Gasteiger charge is 2.07. The zero-order valence-corrected chi connectivity index (χ0v) is 20.3. The van der Waals surface area contributed by atoms with E-state index in [1.165, 1.54) is 12.0 Å². The van der Waals surface area contributed by atoms with Crippen LogP contribution in [0.2, 0.25) is 0 Å². The van der Waals surface area contributed by atoms with Gasteiger partial charge >= 0.3 is 0 Å². The standard InChI is InChI=1S/C21H38N4O.HI/c1-7-22-21(24-18(5)11-10-14-25(8-2)9-3)23-16-19-12-13-20(26-6)17(4)15-19;/h12-13,15,18H,7-11,14,16H2,1-6H3,(H2,22,23,24);1H. The fourth-order valence-corrected chi connectivity index (χ4v) is 3.00. The summed E-state index contributed by atoms with van der Waals surface area (Å²) in [5.41, 5.74) is 2.33. The van der Waals surface area contributed by atoms with Crippen LogP contribution in [-0.2, 0) is 6.54 Å². The van der Waals surface area contributed by atoms with Crippen molar-refractivity contribution in [2.75, 3.05) is 33.3 Å². The van der Waals surface area contributed by atoms with Crippen molar-refractivity contribution in [1.29, 1.82) is 0 Å². The van der Waals surface area contributed by atoms with Crippen molar-refractivity contribution >= 4 is 29.9 Å². The Morgan fingerprint density at radius 1 is 1.22 bits per heavy atom. The topological polar surface area (TPSA) is 48.9 Å². The minimum Gasteiger partial charge on any atom is -0.496 e. The van der Waals surface area contributed by atoms with E-state index in [9.17, 15) is 0 Å². The van der Waals surface area contributed by atoms with Crippen molar-refractivity contribution in [2.45, 2.75) is 60.0 Å². The maximum atomic E-state index is 5.32. The van der Waals surface area contributed by atoms with Crippen LogP contribution >= 0.6 is 24.0 Å². The molecule has 2 N–H and O–H groups in total. The first-order valence-corrected chi connectivity index (χ1v) is 9.94. The number of guanidine groups is 1. The van der Waals surface area contributed by atoms with Gasteiger partial charge in [0, 0.05) is 12.6 Å². The number of hydrogen-bond donors (Lipinski definition) is 2. The van der Waals surface area contributed by atoms with Gasteiger partial charge in [-0.1, -0.05) is 26.0 Å². The lowest BCUT2D eigenvalue weighted by atomic mass is 10.1. The molecule has 1 rings (SSSR count). The van der Waals surface area contributed by atoms with Crippen LogP contribution in [0.4, 0.5) is 0 Å². The number of ether oxygens (including phenoxy) is 1. The molecule has 0 bridgehead atoms. The Hall–Kier alpha value is -1.02. The number of aliphatic imine (C=N–C) groups is 1. The second kappa shape index (κ2) is 15.0. The smallest absolute Gasteiger partial charge is 0.191 e. The summed E-state index contributed by atoms with van der Waals surface area (Å²) in [6.45, 7) is 15.8. The molecule has 0 aliphatic rings. The summed E-state index contributed by atoms with van der Waals surface area (Å²) in [6, 6.07) is 6.63. The van der Waals surface area contributed by atoms with Gasteiger partial charge in [-0.2, -0.15) is 0 Å². The monoisotopic (exact) mass is 490 g/mol. The van der Waals surface area contributed by atoms with E-state index in [0.717, 1.165) is 49.9 Å². The Bertz CT molecular complexity index is 547.